The van der Waals surface area contributed by atoms with Crippen molar-refractivity contribution in [1.29, 1.82) is 0 Å². The van der Waals surface area contributed by atoms with Gasteiger partial charge in [0.2, 0.25) is 5.78 Å². The predicted molar refractivity (Wildman–Crippen MR) is 73.7 cm³/mol. The first-order valence-electron chi connectivity index (χ1n) is 6.95. The first kappa shape index (κ1) is 15.7. The van der Waals surface area contributed by atoms with Gasteiger partial charge in [-0.1, -0.05) is 20.3 Å². The molecule has 108 valence electrons. The molecule has 0 saturated carbocycles. The molecule has 0 saturated heterocycles. The first-order valence-corrected chi connectivity index (χ1v) is 6.95. The van der Waals surface area contributed by atoms with E-state index in [2.05, 4.69) is 12.0 Å². The van der Waals surface area contributed by atoms with Gasteiger partial charge in [0.1, 0.15) is 11.8 Å². The standard InChI is InChI=1S/C14H24N2O3/c1-5-8-11(19-7-3)14(17)13-12(18-4)10-15-16(13)9-6-2/h10-11H,5-9H2,1-4H3. The third-order valence-electron chi connectivity index (χ3n) is 2.91. The summed E-state index contributed by atoms with van der Waals surface area (Å²) in [6.45, 7) is 7.22. The summed E-state index contributed by atoms with van der Waals surface area (Å²) >= 11 is 0. The van der Waals surface area contributed by atoms with Crippen molar-refractivity contribution < 1.29 is 14.3 Å². The Morgan fingerprint density at radius 3 is 2.63 bits per heavy atom. The molecule has 5 nitrogen and oxygen atoms in total. The van der Waals surface area contributed by atoms with Gasteiger partial charge in [-0.2, -0.15) is 5.10 Å². The minimum absolute atomic E-state index is 0.0356. The minimum atomic E-state index is -0.406. The van der Waals surface area contributed by atoms with Crippen molar-refractivity contribution in [1.82, 2.24) is 9.78 Å². The second-order valence-electron chi connectivity index (χ2n) is 4.38. The normalized spacial score (nSPS) is 12.4. The summed E-state index contributed by atoms with van der Waals surface area (Å²) in [7, 11) is 1.56. The highest BCUT2D eigenvalue weighted by Crippen LogP contribution is 2.22. The van der Waals surface area contributed by atoms with Gasteiger partial charge in [-0.3, -0.25) is 9.48 Å². The fraction of sp³-hybridized carbons (Fsp3) is 0.714. The van der Waals surface area contributed by atoms with E-state index in [9.17, 15) is 4.79 Å². The van der Waals surface area contributed by atoms with E-state index in [4.69, 9.17) is 9.47 Å². The van der Waals surface area contributed by atoms with Crippen LogP contribution in [0.2, 0.25) is 0 Å². The van der Waals surface area contributed by atoms with Crippen molar-refractivity contribution in [3.05, 3.63) is 11.9 Å². The summed E-state index contributed by atoms with van der Waals surface area (Å²) in [6, 6.07) is 0. The molecule has 0 radical (unpaired) electrons. The van der Waals surface area contributed by atoms with Crippen LogP contribution >= 0.6 is 0 Å². The molecule has 0 N–H and O–H groups in total. The maximum Gasteiger partial charge on any atom is 0.213 e. The molecular weight excluding hydrogens is 244 g/mol. The zero-order valence-corrected chi connectivity index (χ0v) is 12.3. The Labute approximate surface area is 114 Å². The summed E-state index contributed by atoms with van der Waals surface area (Å²) in [5, 5.41) is 4.22. The Hall–Kier alpha value is -1.36. The van der Waals surface area contributed by atoms with Crippen molar-refractivity contribution in [2.45, 2.75) is 52.7 Å². The van der Waals surface area contributed by atoms with E-state index in [1.54, 1.807) is 18.0 Å². The van der Waals surface area contributed by atoms with Gasteiger partial charge < -0.3 is 9.47 Å². The van der Waals surface area contributed by atoms with E-state index in [1.165, 1.54) is 0 Å². The molecule has 1 atom stereocenters. The van der Waals surface area contributed by atoms with E-state index in [-0.39, 0.29) is 5.78 Å². The maximum atomic E-state index is 12.6. The molecule has 1 heterocycles. The number of ether oxygens (including phenoxy) is 2. The first-order chi connectivity index (χ1) is 9.19. The van der Waals surface area contributed by atoms with Crippen LogP contribution in [0.15, 0.2) is 6.20 Å². The quantitative estimate of drug-likeness (QED) is 0.646. The van der Waals surface area contributed by atoms with Crippen LogP contribution in [0.1, 0.15) is 50.5 Å². The second kappa shape index (κ2) is 7.94. The number of carbonyl (C=O) groups is 1. The summed E-state index contributed by atoms with van der Waals surface area (Å²) in [6.07, 6.45) is 3.72. The zero-order valence-electron chi connectivity index (χ0n) is 12.3. The summed E-state index contributed by atoms with van der Waals surface area (Å²) in [5.74, 6) is 0.491. The molecule has 19 heavy (non-hydrogen) atoms. The average Bonchev–Trinajstić information content (AvgIpc) is 2.81. The monoisotopic (exact) mass is 268 g/mol. The van der Waals surface area contributed by atoms with Crippen LogP contribution < -0.4 is 4.74 Å². The Morgan fingerprint density at radius 1 is 1.37 bits per heavy atom. The number of hydrogen-bond donors (Lipinski definition) is 0. The van der Waals surface area contributed by atoms with E-state index in [0.717, 1.165) is 12.8 Å². The second-order valence-corrected chi connectivity index (χ2v) is 4.38. The molecule has 1 rings (SSSR count). The van der Waals surface area contributed by atoms with Crippen LogP contribution in [-0.2, 0) is 11.3 Å². The molecule has 1 aromatic rings. The fourth-order valence-corrected chi connectivity index (χ4v) is 2.05. The van der Waals surface area contributed by atoms with Gasteiger partial charge in [0, 0.05) is 13.2 Å². The van der Waals surface area contributed by atoms with Crippen molar-refractivity contribution in [2.24, 2.45) is 0 Å². The lowest BCUT2D eigenvalue weighted by molar-refractivity contribution is 0.0411. The van der Waals surface area contributed by atoms with Gasteiger partial charge in [0.15, 0.2) is 5.75 Å². The molecule has 1 unspecified atom stereocenters. The van der Waals surface area contributed by atoms with Crippen molar-refractivity contribution in [3.8, 4) is 5.75 Å². The van der Waals surface area contributed by atoms with Gasteiger partial charge >= 0.3 is 0 Å². The Kier molecular flexibility index (Phi) is 6.56. The van der Waals surface area contributed by atoms with Gasteiger partial charge in [0.25, 0.3) is 0 Å². The van der Waals surface area contributed by atoms with E-state index < -0.39 is 6.10 Å². The number of aryl methyl sites for hydroxylation is 1. The van der Waals surface area contributed by atoms with Gasteiger partial charge in [-0.25, -0.2) is 0 Å². The molecule has 1 aromatic heterocycles. The smallest absolute Gasteiger partial charge is 0.213 e. The lowest BCUT2D eigenvalue weighted by atomic mass is 10.1. The SMILES string of the molecule is CCCC(OCC)C(=O)c1c(OC)cnn1CCC. The van der Waals surface area contributed by atoms with E-state index >= 15 is 0 Å². The molecule has 0 spiro atoms. The van der Waals surface area contributed by atoms with Crippen LogP contribution in [0.5, 0.6) is 5.75 Å². The number of hydrogen-bond acceptors (Lipinski definition) is 4. The molecule has 0 fully saturated rings. The number of ketones is 1. The number of carbonyl (C=O) groups excluding carboxylic acids is 1. The van der Waals surface area contributed by atoms with Crippen molar-refractivity contribution in [2.75, 3.05) is 13.7 Å². The minimum Gasteiger partial charge on any atom is -0.493 e. The highest BCUT2D eigenvalue weighted by atomic mass is 16.5. The molecule has 0 aliphatic rings. The van der Waals surface area contributed by atoms with Crippen molar-refractivity contribution in [3.63, 3.8) is 0 Å². The molecule has 0 aliphatic heterocycles. The summed E-state index contributed by atoms with van der Waals surface area (Å²) < 4.78 is 12.5. The van der Waals surface area contributed by atoms with Crippen LogP contribution in [0, 0.1) is 0 Å². The van der Waals surface area contributed by atoms with Crippen molar-refractivity contribution >= 4 is 5.78 Å². The summed E-state index contributed by atoms with van der Waals surface area (Å²) in [5.41, 5.74) is 0.524. The third kappa shape index (κ3) is 3.80. The highest BCUT2D eigenvalue weighted by Gasteiger charge is 2.26. The lowest BCUT2D eigenvalue weighted by Crippen LogP contribution is -2.27. The Morgan fingerprint density at radius 2 is 2.11 bits per heavy atom. The fourth-order valence-electron chi connectivity index (χ4n) is 2.05. The average molecular weight is 268 g/mol. The van der Waals surface area contributed by atoms with Gasteiger partial charge in [-0.15, -0.1) is 0 Å². The Bertz CT molecular complexity index is 395. The number of rotatable bonds is 9. The number of nitrogens with zero attached hydrogens (tertiary/aromatic N) is 2. The van der Waals surface area contributed by atoms with Crippen LogP contribution in [-0.4, -0.2) is 35.4 Å². The van der Waals surface area contributed by atoms with Gasteiger partial charge in [-0.05, 0) is 19.8 Å². The van der Waals surface area contributed by atoms with Gasteiger partial charge in [0.05, 0.1) is 13.3 Å². The van der Waals surface area contributed by atoms with Crippen LogP contribution in [0.3, 0.4) is 0 Å². The largest absolute Gasteiger partial charge is 0.493 e. The zero-order chi connectivity index (χ0) is 14.3. The lowest BCUT2D eigenvalue weighted by Gasteiger charge is -2.16. The Balaban J connectivity index is 3.03. The molecule has 0 amide bonds. The number of Topliss-reactive ketones (excluding diaryl/α,β-unsaturated/α-hetero) is 1. The number of methoxy groups -OCH3 is 1. The molecule has 0 aromatic carbocycles. The maximum absolute atomic E-state index is 12.6. The molecule has 0 aliphatic carbocycles. The van der Waals surface area contributed by atoms with E-state index in [0.29, 0.717) is 31.0 Å². The summed E-state index contributed by atoms with van der Waals surface area (Å²) in [4.78, 5) is 12.6. The third-order valence-corrected chi connectivity index (χ3v) is 2.91. The number of aromatic nitrogens is 2. The topological polar surface area (TPSA) is 53.4 Å². The molecule has 5 heteroatoms. The highest BCUT2D eigenvalue weighted by molar-refractivity contribution is 6.00. The molecule has 0 bridgehead atoms. The van der Waals surface area contributed by atoms with E-state index in [1.807, 2.05) is 13.8 Å². The van der Waals surface area contributed by atoms with Crippen LogP contribution in [0.4, 0.5) is 0 Å². The van der Waals surface area contributed by atoms with Crippen LogP contribution in [0.25, 0.3) is 0 Å². The molecular formula is C14H24N2O3. The predicted octanol–water partition coefficient (Wildman–Crippen LogP) is 2.69.